The quantitative estimate of drug-likeness (QED) is 0.845. The van der Waals surface area contributed by atoms with E-state index in [1.54, 1.807) is 12.1 Å². The highest BCUT2D eigenvalue weighted by molar-refractivity contribution is 5.33. The minimum absolute atomic E-state index is 0.0485. The number of halogens is 3. The zero-order chi connectivity index (χ0) is 13.2. The van der Waals surface area contributed by atoms with Crippen molar-refractivity contribution in [3.63, 3.8) is 0 Å². The lowest BCUT2D eigenvalue weighted by Gasteiger charge is -2.30. The Kier molecular flexibility index (Phi) is 3.95. The Morgan fingerprint density at radius 3 is 2.22 bits per heavy atom. The van der Waals surface area contributed by atoms with Gasteiger partial charge >= 0.3 is 6.18 Å². The van der Waals surface area contributed by atoms with E-state index in [-0.39, 0.29) is 5.92 Å². The van der Waals surface area contributed by atoms with Crippen molar-refractivity contribution < 1.29 is 13.2 Å². The van der Waals surface area contributed by atoms with Crippen LogP contribution in [0.3, 0.4) is 0 Å². The summed E-state index contributed by atoms with van der Waals surface area (Å²) >= 11 is 0. The van der Waals surface area contributed by atoms with Crippen molar-refractivity contribution in [1.29, 1.82) is 0 Å². The van der Waals surface area contributed by atoms with Gasteiger partial charge in [0.25, 0.3) is 0 Å². The maximum Gasteiger partial charge on any atom is 0.416 e. The number of rotatable bonds is 2. The first-order chi connectivity index (χ1) is 8.52. The van der Waals surface area contributed by atoms with Gasteiger partial charge in [-0.25, -0.2) is 0 Å². The van der Waals surface area contributed by atoms with Crippen LogP contribution in [0.1, 0.15) is 42.7 Å². The minimum Gasteiger partial charge on any atom is -0.317 e. The lowest BCUT2D eigenvalue weighted by Crippen LogP contribution is -2.30. The predicted octanol–water partition coefficient (Wildman–Crippen LogP) is 3.95. The van der Waals surface area contributed by atoms with Gasteiger partial charge in [0.2, 0.25) is 0 Å². The van der Waals surface area contributed by atoms with Crippen molar-refractivity contribution in [2.75, 3.05) is 7.05 Å². The molecule has 0 unspecified atom stereocenters. The molecule has 1 aromatic rings. The molecule has 4 heteroatoms. The van der Waals surface area contributed by atoms with Crippen LogP contribution in [0.4, 0.5) is 13.2 Å². The smallest absolute Gasteiger partial charge is 0.317 e. The Hall–Kier alpha value is -1.03. The SMILES string of the molecule is CNC1CCC(c2ccccc2C(F)(F)F)CC1. The van der Waals surface area contributed by atoms with Gasteiger partial charge in [0.15, 0.2) is 0 Å². The maximum atomic E-state index is 12.9. The molecule has 0 saturated heterocycles. The van der Waals surface area contributed by atoms with Gasteiger partial charge in [-0.15, -0.1) is 0 Å². The van der Waals surface area contributed by atoms with E-state index in [0.29, 0.717) is 11.6 Å². The molecule has 1 aromatic carbocycles. The van der Waals surface area contributed by atoms with E-state index >= 15 is 0 Å². The summed E-state index contributed by atoms with van der Waals surface area (Å²) in [5.41, 5.74) is 0.0115. The van der Waals surface area contributed by atoms with Crippen molar-refractivity contribution in [3.05, 3.63) is 35.4 Å². The number of hydrogen-bond acceptors (Lipinski definition) is 1. The second kappa shape index (κ2) is 5.31. The third-order valence-corrected chi connectivity index (χ3v) is 3.84. The van der Waals surface area contributed by atoms with Gasteiger partial charge in [-0.2, -0.15) is 13.2 Å². The summed E-state index contributed by atoms with van der Waals surface area (Å²) in [7, 11) is 1.91. The molecule has 0 radical (unpaired) electrons. The molecule has 1 aliphatic rings. The first kappa shape index (κ1) is 13.4. The van der Waals surface area contributed by atoms with Crippen LogP contribution in [-0.2, 0) is 6.18 Å². The normalized spacial score (nSPS) is 25.1. The number of hydrogen-bond donors (Lipinski definition) is 1. The Morgan fingerprint density at radius 2 is 1.67 bits per heavy atom. The van der Waals surface area contributed by atoms with Gasteiger partial charge in [0, 0.05) is 6.04 Å². The van der Waals surface area contributed by atoms with E-state index in [0.717, 1.165) is 25.7 Å². The van der Waals surface area contributed by atoms with Crippen LogP contribution in [0.25, 0.3) is 0 Å². The molecular formula is C14H18F3N. The Balaban J connectivity index is 2.19. The molecule has 0 amide bonds. The van der Waals surface area contributed by atoms with E-state index in [1.807, 2.05) is 7.05 Å². The third kappa shape index (κ3) is 2.86. The lowest BCUT2D eigenvalue weighted by molar-refractivity contribution is -0.138. The average molecular weight is 257 g/mol. The first-order valence-corrected chi connectivity index (χ1v) is 6.35. The predicted molar refractivity (Wildman–Crippen MR) is 65.5 cm³/mol. The van der Waals surface area contributed by atoms with E-state index in [9.17, 15) is 13.2 Å². The van der Waals surface area contributed by atoms with E-state index in [4.69, 9.17) is 0 Å². The summed E-state index contributed by atoms with van der Waals surface area (Å²) in [6, 6.07) is 6.45. The average Bonchev–Trinajstić information content (AvgIpc) is 2.38. The monoisotopic (exact) mass is 257 g/mol. The van der Waals surface area contributed by atoms with Crippen LogP contribution in [-0.4, -0.2) is 13.1 Å². The topological polar surface area (TPSA) is 12.0 Å². The van der Waals surface area contributed by atoms with Crippen molar-refractivity contribution in [3.8, 4) is 0 Å². The first-order valence-electron chi connectivity index (χ1n) is 6.35. The molecule has 1 saturated carbocycles. The number of alkyl halides is 3. The molecule has 0 bridgehead atoms. The van der Waals surface area contributed by atoms with Crippen LogP contribution >= 0.6 is 0 Å². The van der Waals surface area contributed by atoms with Gasteiger partial charge < -0.3 is 5.32 Å². The molecule has 0 heterocycles. The summed E-state index contributed by atoms with van der Waals surface area (Å²) in [5, 5.41) is 3.20. The van der Waals surface area contributed by atoms with Gasteiger partial charge in [-0.05, 0) is 50.3 Å². The number of nitrogens with one attached hydrogen (secondary N) is 1. The molecule has 1 aliphatic carbocycles. The Bertz CT molecular complexity index is 392. The zero-order valence-corrected chi connectivity index (χ0v) is 10.4. The molecule has 0 atom stereocenters. The minimum atomic E-state index is -4.24. The highest BCUT2D eigenvalue weighted by atomic mass is 19.4. The van der Waals surface area contributed by atoms with Crippen LogP contribution in [0, 0.1) is 0 Å². The molecule has 100 valence electrons. The molecule has 1 nitrogen and oxygen atoms in total. The fourth-order valence-electron chi connectivity index (χ4n) is 2.80. The van der Waals surface area contributed by atoms with Crippen molar-refractivity contribution in [2.24, 2.45) is 0 Å². The van der Waals surface area contributed by atoms with Gasteiger partial charge in [0.1, 0.15) is 0 Å². The fourth-order valence-corrected chi connectivity index (χ4v) is 2.80. The van der Waals surface area contributed by atoms with Crippen molar-refractivity contribution in [2.45, 2.75) is 43.8 Å². The highest BCUT2D eigenvalue weighted by Gasteiger charge is 2.35. The van der Waals surface area contributed by atoms with Crippen LogP contribution < -0.4 is 5.32 Å². The lowest BCUT2D eigenvalue weighted by atomic mass is 9.80. The molecule has 2 rings (SSSR count). The Labute approximate surface area is 105 Å². The third-order valence-electron chi connectivity index (χ3n) is 3.84. The molecule has 18 heavy (non-hydrogen) atoms. The molecule has 0 aromatic heterocycles. The summed E-state index contributed by atoms with van der Waals surface area (Å²) in [4.78, 5) is 0. The summed E-state index contributed by atoms with van der Waals surface area (Å²) < 4.78 is 38.8. The van der Waals surface area contributed by atoms with E-state index < -0.39 is 11.7 Å². The summed E-state index contributed by atoms with van der Waals surface area (Å²) in [6.07, 6.45) is -0.672. The molecule has 1 fully saturated rings. The standard InChI is InChI=1S/C14H18F3N/c1-18-11-8-6-10(7-9-11)12-4-2-3-5-13(12)14(15,16)17/h2-5,10-11,18H,6-9H2,1H3. The largest absolute Gasteiger partial charge is 0.416 e. The Morgan fingerprint density at radius 1 is 1.06 bits per heavy atom. The summed E-state index contributed by atoms with van der Waals surface area (Å²) in [6.45, 7) is 0. The maximum absolute atomic E-state index is 12.9. The van der Waals surface area contributed by atoms with E-state index in [2.05, 4.69) is 5.32 Å². The highest BCUT2D eigenvalue weighted by Crippen LogP contribution is 2.40. The van der Waals surface area contributed by atoms with Crippen molar-refractivity contribution >= 4 is 0 Å². The molecule has 0 spiro atoms. The molecule has 1 N–H and O–H groups in total. The van der Waals surface area contributed by atoms with Crippen molar-refractivity contribution in [1.82, 2.24) is 5.32 Å². The molecular weight excluding hydrogens is 239 g/mol. The van der Waals surface area contributed by atoms with E-state index in [1.165, 1.54) is 12.1 Å². The van der Waals surface area contributed by atoms with Crippen LogP contribution in [0.5, 0.6) is 0 Å². The van der Waals surface area contributed by atoms with Gasteiger partial charge in [0.05, 0.1) is 5.56 Å². The second-order valence-corrected chi connectivity index (χ2v) is 4.92. The van der Waals surface area contributed by atoms with Gasteiger partial charge in [-0.3, -0.25) is 0 Å². The second-order valence-electron chi connectivity index (χ2n) is 4.92. The van der Waals surface area contributed by atoms with Crippen LogP contribution in [0.15, 0.2) is 24.3 Å². The number of benzene rings is 1. The van der Waals surface area contributed by atoms with Crippen LogP contribution in [0.2, 0.25) is 0 Å². The summed E-state index contributed by atoms with van der Waals surface area (Å²) in [5.74, 6) is 0.0485. The fraction of sp³-hybridized carbons (Fsp3) is 0.571. The zero-order valence-electron chi connectivity index (χ0n) is 10.4. The van der Waals surface area contributed by atoms with Gasteiger partial charge in [-0.1, -0.05) is 18.2 Å². The molecule has 0 aliphatic heterocycles.